The lowest BCUT2D eigenvalue weighted by molar-refractivity contribution is -0.146. The lowest BCUT2D eigenvalue weighted by Crippen LogP contribution is -2.49. The maximum absolute atomic E-state index is 11.6. The van der Waals surface area contributed by atoms with Crippen molar-refractivity contribution in [1.82, 2.24) is 4.90 Å². The third-order valence-corrected chi connectivity index (χ3v) is 4.77. The first-order valence-corrected chi connectivity index (χ1v) is 7.70. The second kappa shape index (κ2) is 6.76. The molecule has 0 aliphatic carbocycles. The van der Waals surface area contributed by atoms with Crippen molar-refractivity contribution < 1.29 is 9.53 Å². The lowest BCUT2D eigenvalue weighted by atomic mass is 9.84. The van der Waals surface area contributed by atoms with Gasteiger partial charge in [-0.05, 0) is 45.2 Å². The summed E-state index contributed by atoms with van der Waals surface area (Å²) < 4.78 is 5.39. The molecule has 2 aliphatic heterocycles. The van der Waals surface area contributed by atoms with Crippen LogP contribution in [0.25, 0.3) is 0 Å². The molecule has 4 heteroatoms. The van der Waals surface area contributed by atoms with Gasteiger partial charge in [-0.15, -0.1) is 11.6 Å². The number of halogens is 1. The number of esters is 1. The van der Waals surface area contributed by atoms with Gasteiger partial charge in [-0.25, -0.2) is 0 Å². The number of carbonyl (C=O) groups is 1. The van der Waals surface area contributed by atoms with Gasteiger partial charge in [0, 0.05) is 12.0 Å². The van der Waals surface area contributed by atoms with Crippen LogP contribution in [0.3, 0.4) is 0 Å². The summed E-state index contributed by atoms with van der Waals surface area (Å²) in [6, 6.07) is 0.635. The Morgan fingerprint density at radius 1 is 1.33 bits per heavy atom. The minimum absolute atomic E-state index is 0.243. The topological polar surface area (TPSA) is 29.5 Å². The molecule has 3 atom stereocenters. The molecule has 2 fully saturated rings. The summed E-state index contributed by atoms with van der Waals surface area (Å²) in [6.45, 7) is 4.91. The Hall–Kier alpha value is -0.280. The Labute approximate surface area is 115 Å². The Kier molecular flexibility index (Phi) is 5.31. The normalized spacial score (nSPS) is 30.6. The van der Waals surface area contributed by atoms with Crippen LogP contribution >= 0.6 is 11.6 Å². The van der Waals surface area contributed by atoms with Crippen LogP contribution in [0.15, 0.2) is 0 Å². The molecule has 104 valence electrons. The molecule has 0 amide bonds. The van der Waals surface area contributed by atoms with E-state index < -0.39 is 5.38 Å². The molecule has 0 saturated carbocycles. The number of hydrogen-bond donors (Lipinski definition) is 0. The third-order valence-electron chi connectivity index (χ3n) is 4.28. The van der Waals surface area contributed by atoms with Crippen molar-refractivity contribution in [3.8, 4) is 0 Å². The van der Waals surface area contributed by atoms with E-state index in [1.54, 1.807) is 0 Å². The van der Waals surface area contributed by atoms with Crippen molar-refractivity contribution in [3.05, 3.63) is 0 Å². The second-order valence-corrected chi connectivity index (χ2v) is 6.03. The standard InChI is InChI=1S/C14H24ClNO2/c1-2-12(15)14(17)18-10-11-6-5-9-16-8-4-3-7-13(11)16/h11-13H,2-10H2,1H3/t11-,12?,13+/m0/s1. The van der Waals surface area contributed by atoms with Crippen LogP contribution in [-0.2, 0) is 9.53 Å². The summed E-state index contributed by atoms with van der Waals surface area (Å²) in [7, 11) is 0. The van der Waals surface area contributed by atoms with Crippen LogP contribution in [0.5, 0.6) is 0 Å². The van der Waals surface area contributed by atoms with Gasteiger partial charge in [-0.3, -0.25) is 9.69 Å². The van der Waals surface area contributed by atoms with E-state index in [9.17, 15) is 4.79 Å². The molecule has 2 aliphatic rings. The number of nitrogens with zero attached hydrogens (tertiary/aromatic N) is 1. The summed E-state index contributed by atoms with van der Waals surface area (Å²) >= 11 is 5.89. The summed E-state index contributed by atoms with van der Waals surface area (Å²) in [5.74, 6) is 0.274. The smallest absolute Gasteiger partial charge is 0.324 e. The number of piperidine rings is 2. The van der Waals surface area contributed by atoms with E-state index in [0.717, 1.165) is 0 Å². The number of hydrogen-bond acceptors (Lipinski definition) is 3. The van der Waals surface area contributed by atoms with Crippen LogP contribution in [0.4, 0.5) is 0 Å². The van der Waals surface area contributed by atoms with Gasteiger partial charge in [0.1, 0.15) is 5.38 Å². The fraction of sp³-hybridized carbons (Fsp3) is 0.929. The molecule has 0 aromatic carbocycles. The number of fused-ring (bicyclic) bond motifs is 1. The number of alkyl halides is 1. The van der Waals surface area contributed by atoms with E-state index in [4.69, 9.17) is 16.3 Å². The first-order valence-electron chi connectivity index (χ1n) is 7.27. The third kappa shape index (κ3) is 3.39. The second-order valence-electron chi connectivity index (χ2n) is 5.51. The highest BCUT2D eigenvalue weighted by molar-refractivity contribution is 6.29. The highest BCUT2D eigenvalue weighted by atomic mass is 35.5. The molecule has 18 heavy (non-hydrogen) atoms. The van der Waals surface area contributed by atoms with E-state index in [-0.39, 0.29) is 5.97 Å². The van der Waals surface area contributed by atoms with Crippen molar-refractivity contribution in [2.75, 3.05) is 19.7 Å². The Morgan fingerprint density at radius 3 is 2.89 bits per heavy atom. The molecule has 0 spiro atoms. The summed E-state index contributed by atoms with van der Waals surface area (Å²) in [5, 5.41) is -0.476. The van der Waals surface area contributed by atoms with E-state index in [1.165, 1.54) is 45.2 Å². The molecule has 0 aromatic heterocycles. The first kappa shape index (κ1) is 14.1. The zero-order valence-corrected chi connectivity index (χ0v) is 12.0. The Morgan fingerprint density at radius 2 is 2.11 bits per heavy atom. The molecule has 2 heterocycles. The molecule has 2 rings (SSSR count). The molecule has 3 nitrogen and oxygen atoms in total. The highest BCUT2D eigenvalue weighted by Gasteiger charge is 2.33. The van der Waals surface area contributed by atoms with E-state index in [0.29, 0.717) is 25.0 Å². The van der Waals surface area contributed by atoms with E-state index >= 15 is 0 Å². The molecule has 0 bridgehead atoms. The van der Waals surface area contributed by atoms with Crippen LogP contribution < -0.4 is 0 Å². The van der Waals surface area contributed by atoms with Crippen LogP contribution in [0, 0.1) is 5.92 Å². The van der Waals surface area contributed by atoms with E-state index in [1.807, 2.05) is 6.92 Å². The van der Waals surface area contributed by atoms with Gasteiger partial charge in [-0.1, -0.05) is 13.3 Å². The Balaban J connectivity index is 1.82. The minimum Gasteiger partial charge on any atom is -0.464 e. The van der Waals surface area contributed by atoms with Crippen LogP contribution in [0.1, 0.15) is 45.4 Å². The van der Waals surface area contributed by atoms with Gasteiger partial charge in [0.25, 0.3) is 0 Å². The zero-order valence-electron chi connectivity index (χ0n) is 11.2. The van der Waals surface area contributed by atoms with Gasteiger partial charge in [-0.2, -0.15) is 0 Å². The largest absolute Gasteiger partial charge is 0.464 e. The summed E-state index contributed by atoms with van der Waals surface area (Å²) in [4.78, 5) is 14.2. The lowest BCUT2D eigenvalue weighted by Gasteiger charge is -2.44. The SMILES string of the molecule is CCC(Cl)C(=O)OC[C@@H]1CCCN2CCCC[C@H]12. The van der Waals surface area contributed by atoms with Crippen molar-refractivity contribution >= 4 is 17.6 Å². The van der Waals surface area contributed by atoms with Gasteiger partial charge < -0.3 is 4.74 Å². The molecule has 2 saturated heterocycles. The number of carbonyl (C=O) groups excluding carboxylic acids is 1. The number of rotatable bonds is 4. The van der Waals surface area contributed by atoms with Crippen LogP contribution in [-0.4, -0.2) is 42.0 Å². The van der Waals surface area contributed by atoms with Crippen molar-refractivity contribution in [2.24, 2.45) is 5.92 Å². The van der Waals surface area contributed by atoms with Crippen LogP contribution in [0.2, 0.25) is 0 Å². The minimum atomic E-state index is -0.476. The van der Waals surface area contributed by atoms with Crippen molar-refractivity contribution in [2.45, 2.75) is 56.9 Å². The van der Waals surface area contributed by atoms with Gasteiger partial charge in [0.2, 0.25) is 0 Å². The fourth-order valence-corrected chi connectivity index (χ4v) is 3.28. The zero-order chi connectivity index (χ0) is 13.0. The summed E-state index contributed by atoms with van der Waals surface area (Å²) in [6.07, 6.45) is 6.96. The first-order chi connectivity index (χ1) is 8.72. The molecule has 0 aromatic rings. The van der Waals surface area contributed by atoms with Gasteiger partial charge in [0.05, 0.1) is 6.61 Å². The maximum atomic E-state index is 11.6. The molecule has 1 unspecified atom stereocenters. The average molecular weight is 274 g/mol. The van der Waals surface area contributed by atoms with Gasteiger partial charge >= 0.3 is 5.97 Å². The average Bonchev–Trinajstić information content (AvgIpc) is 2.43. The van der Waals surface area contributed by atoms with Gasteiger partial charge in [0.15, 0.2) is 0 Å². The van der Waals surface area contributed by atoms with E-state index in [2.05, 4.69) is 4.90 Å². The maximum Gasteiger partial charge on any atom is 0.324 e. The predicted molar refractivity (Wildman–Crippen MR) is 72.8 cm³/mol. The molecule has 0 N–H and O–H groups in total. The van der Waals surface area contributed by atoms with Crippen molar-refractivity contribution in [1.29, 1.82) is 0 Å². The fourth-order valence-electron chi connectivity index (χ4n) is 3.22. The monoisotopic (exact) mass is 273 g/mol. The summed E-state index contributed by atoms with van der Waals surface area (Å²) in [5.41, 5.74) is 0. The quantitative estimate of drug-likeness (QED) is 0.583. The molecular weight excluding hydrogens is 250 g/mol. The van der Waals surface area contributed by atoms with Crippen molar-refractivity contribution in [3.63, 3.8) is 0 Å². The highest BCUT2D eigenvalue weighted by Crippen LogP contribution is 2.31. The predicted octanol–water partition coefficient (Wildman–Crippen LogP) is 2.81. The molecular formula is C14H24ClNO2. The Bertz CT molecular complexity index is 283. The number of ether oxygens (including phenoxy) is 1. The molecule has 0 radical (unpaired) electrons.